The third-order valence-corrected chi connectivity index (χ3v) is 4.68. The quantitative estimate of drug-likeness (QED) is 0.802. The molecule has 3 rings (SSSR count). The van der Waals surface area contributed by atoms with E-state index in [0.29, 0.717) is 0 Å². The van der Waals surface area contributed by atoms with Crippen molar-refractivity contribution in [3.63, 3.8) is 0 Å². The Hall–Kier alpha value is -1.63. The van der Waals surface area contributed by atoms with Crippen LogP contribution in [0.4, 0.5) is 0 Å². The first-order valence-corrected chi connectivity index (χ1v) is 7.52. The Morgan fingerprint density at radius 1 is 1.16 bits per heavy atom. The molecule has 0 amide bonds. The van der Waals surface area contributed by atoms with E-state index in [9.17, 15) is 0 Å². The van der Waals surface area contributed by atoms with Crippen LogP contribution in [0.25, 0.3) is 9.88 Å². The van der Waals surface area contributed by atoms with E-state index in [-0.39, 0.29) is 6.04 Å². The topological polar surface area (TPSA) is 50.7 Å². The molecule has 2 heterocycles. The van der Waals surface area contributed by atoms with Crippen molar-refractivity contribution < 1.29 is 0 Å². The van der Waals surface area contributed by atoms with Crippen molar-refractivity contribution in [2.24, 2.45) is 0 Å². The van der Waals surface area contributed by atoms with Crippen molar-refractivity contribution in [1.29, 1.82) is 0 Å². The molecule has 4 nitrogen and oxygen atoms in total. The summed E-state index contributed by atoms with van der Waals surface area (Å²) in [5, 5.41) is 13.7. The first-order chi connectivity index (χ1) is 9.38. The Morgan fingerprint density at radius 3 is 2.68 bits per heavy atom. The van der Waals surface area contributed by atoms with Gasteiger partial charge in [-0.2, -0.15) is 0 Å². The van der Waals surface area contributed by atoms with E-state index < -0.39 is 0 Å². The van der Waals surface area contributed by atoms with Crippen LogP contribution in [-0.2, 0) is 0 Å². The number of hydrogen-bond acceptors (Lipinski definition) is 6. The van der Waals surface area contributed by atoms with Crippen LogP contribution in [-0.4, -0.2) is 22.2 Å². The third-order valence-electron chi connectivity index (χ3n) is 2.75. The van der Waals surface area contributed by atoms with E-state index in [0.717, 1.165) is 14.9 Å². The molecule has 0 aliphatic carbocycles. The van der Waals surface area contributed by atoms with E-state index in [1.54, 1.807) is 22.7 Å². The van der Waals surface area contributed by atoms with E-state index in [4.69, 9.17) is 0 Å². The molecule has 1 aromatic carbocycles. The van der Waals surface area contributed by atoms with Gasteiger partial charge in [-0.1, -0.05) is 41.7 Å². The zero-order valence-corrected chi connectivity index (χ0v) is 11.9. The Bertz CT molecular complexity index is 634. The molecule has 0 saturated carbocycles. The van der Waals surface area contributed by atoms with E-state index in [1.165, 1.54) is 5.56 Å². The monoisotopic (exact) mass is 288 g/mol. The van der Waals surface area contributed by atoms with E-state index >= 15 is 0 Å². The molecule has 19 heavy (non-hydrogen) atoms. The zero-order valence-electron chi connectivity index (χ0n) is 10.3. The summed E-state index contributed by atoms with van der Waals surface area (Å²) in [6, 6.07) is 10.3. The minimum atomic E-state index is 0.0837. The van der Waals surface area contributed by atoms with E-state index in [1.807, 2.05) is 37.0 Å². The molecule has 2 aromatic heterocycles. The van der Waals surface area contributed by atoms with Crippen LogP contribution in [0.1, 0.15) is 16.6 Å². The number of thiazole rings is 1. The Balaban J connectivity index is 1.93. The second-order valence-electron chi connectivity index (χ2n) is 3.94. The molecule has 1 unspecified atom stereocenters. The molecule has 0 saturated heterocycles. The predicted octanol–water partition coefficient (Wildman–Crippen LogP) is 2.97. The summed E-state index contributed by atoms with van der Waals surface area (Å²) in [4.78, 5) is 5.13. The van der Waals surface area contributed by atoms with Gasteiger partial charge in [-0.15, -0.1) is 21.5 Å². The van der Waals surface area contributed by atoms with Gasteiger partial charge >= 0.3 is 0 Å². The maximum absolute atomic E-state index is 4.30. The molecule has 0 aliphatic rings. The first kappa shape index (κ1) is 12.4. The van der Waals surface area contributed by atoms with Crippen LogP contribution in [0.15, 0.2) is 42.0 Å². The summed E-state index contributed by atoms with van der Waals surface area (Å²) in [6.07, 6.45) is 1.83. The molecule has 1 atom stereocenters. The Kier molecular flexibility index (Phi) is 3.63. The van der Waals surface area contributed by atoms with Gasteiger partial charge in [0.25, 0.3) is 0 Å². The second kappa shape index (κ2) is 5.56. The fourth-order valence-electron chi connectivity index (χ4n) is 1.85. The molecule has 0 bridgehead atoms. The number of benzene rings is 1. The summed E-state index contributed by atoms with van der Waals surface area (Å²) in [7, 11) is 1.94. The van der Waals surface area contributed by atoms with Gasteiger partial charge in [0.2, 0.25) is 0 Å². The average molecular weight is 288 g/mol. The van der Waals surface area contributed by atoms with Crippen molar-refractivity contribution in [3.8, 4) is 9.88 Å². The summed E-state index contributed by atoms with van der Waals surface area (Å²) in [5.74, 6) is 0. The largest absolute Gasteiger partial charge is 0.307 e. The standard InChI is InChI=1S/C13H12N4S2/c1-14-11(9-5-3-2-4-6-9)13-17-16-12(19-13)10-7-15-8-18-10/h2-8,11,14H,1H3. The van der Waals surface area contributed by atoms with E-state index in [2.05, 4.69) is 32.6 Å². The molecule has 1 N–H and O–H groups in total. The fourth-order valence-corrected chi connectivity index (χ4v) is 3.50. The van der Waals surface area contributed by atoms with Crippen LogP contribution in [0.3, 0.4) is 0 Å². The van der Waals surface area contributed by atoms with Gasteiger partial charge in [0.1, 0.15) is 5.01 Å². The van der Waals surface area contributed by atoms with Crippen molar-refractivity contribution >= 4 is 22.7 Å². The highest BCUT2D eigenvalue weighted by atomic mass is 32.1. The van der Waals surface area contributed by atoms with Crippen LogP contribution in [0.5, 0.6) is 0 Å². The van der Waals surface area contributed by atoms with Crippen molar-refractivity contribution in [2.45, 2.75) is 6.04 Å². The highest BCUT2D eigenvalue weighted by Gasteiger charge is 2.17. The highest BCUT2D eigenvalue weighted by Crippen LogP contribution is 2.31. The molecule has 6 heteroatoms. The molecular formula is C13H12N4S2. The van der Waals surface area contributed by atoms with Gasteiger partial charge in [-0.3, -0.25) is 4.98 Å². The minimum absolute atomic E-state index is 0.0837. The van der Waals surface area contributed by atoms with Crippen molar-refractivity contribution in [2.75, 3.05) is 7.05 Å². The summed E-state index contributed by atoms with van der Waals surface area (Å²) in [6.45, 7) is 0. The minimum Gasteiger partial charge on any atom is -0.307 e. The Morgan fingerprint density at radius 2 is 2.00 bits per heavy atom. The fraction of sp³-hybridized carbons (Fsp3) is 0.154. The van der Waals surface area contributed by atoms with Gasteiger partial charge in [-0.25, -0.2) is 0 Å². The number of hydrogen-bond donors (Lipinski definition) is 1. The number of aromatic nitrogens is 3. The molecule has 0 radical (unpaired) electrons. The van der Waals surface area contributed by atoms with Crippen molar-refractivity contribution in [3.05, 3.63) is 52.6 Å². The lowest BCUT2D eigenvalue weighted by molar-refractivity contribution is 0.678. The molecule has 0 spiro atoms. The number of rotatable bonds is 4. The Labute approximate surface area is 119 Å². The van der Waals surface area contributed by atoms with Crippen LogP contribution < -0.4 is 5.32 Å². The lowest BCUT2D eigenvalue weighted by Crippen LogP contribution is -2.17. The lowest BCUT2D eigenvalue weighted by Gasteiger charge is -2.12. The molecular weight excluding hydrogens is 276 g/mol. The van der Waals surface area contributed by atoms with Crippen LogP contribution in [0, 0.1) is 0 Å². The molecule has 3 aromatic rings. The van der Waals surface area contributed by atoms with Gasteiger partial charge in [0.15, 0.2) is 5.01 Å². The van der Waals surface area contributed by atoms with Gasteiger partial charge in [0, 0.05) is 6.20 Å². The van der Waals surface area contributed by atoms with Gasteiger partial charge < -0.3 is 5.32 Å². The van der Waals surface area contributed by atoms with Crippen LogP contribution >= 0.6 is 22.7 Å². The highest BCUT2D eigenvalue weighted by molar-refractivity contribution is 7.20. The zero-order chi connectivity index (χ0) is 13.1. The predicted molar refractivity (Wildman–Crippen MR) is 78.4 cm³/mol. The summed E-state index contributed by atoms with van der Waals surface area (Å²) in [5.41, 5.74) is 3.00. The maximum Gasteiger partial charge on any atom is 0.159 e. The number of nitrogens with zero attached hydrogens (tertiary/aromatic N) is 3. The molecule has 0 fully saturated rings. The first-order valence-electron chi connectivity index (χ1n) is 5.83. The SMILES string of the molecule is CNC(c1ccccc1)c1nnc(-c2cncs2)s1. The van der Waals surface area contributed by atoms with Crippen molar-refractivity contribution in [1.82, 2.24) is 20.5 Å². The average Bonchev–Trinajstić information content (AvgIpc) is 3.11. The third kappa shape index (κ3) is 2.56. The lowest BCUT2D eigenvalue weighted by atomic mass is 10.1. The van der Waals surface area contributed by atoms with Gasteiger partial charge in [0.05, 0.1) is 16.4 Å². The van der Waals surface area contributed by atoms with Crippen LogP contribution in [0.2, 0.25) is 0 Å². The normalized spacial score (nSPS) is 12.5. The molecule has 96 valence electrons. The van der Waals surface area contributed by atoms with Gasteiger partial charge in [-0.05, 0) is 12.6 Å². The maximum atomic E-state index is 4.30. The molecule has 0 aliphatic heterocycles. The smallest absolute Gasteiger partial charge is 0.159 e. The number of nitrogens with one attached hydrogen (secondary N) is 1. The summed E-state index contributed by atoms with van der Waals surface area (Å²) >= 11 is 3.18. The second-order valence-corrected chi connectivity index (χ2v) is 5.84. The summed E-state index contributed by atoms with van der Waals surface area (Å²) < 4.78 is 0.